The van der Waals surface area contributed by atoms with Gasteiger partial charge < -0.3 is 0 Å². The Bertz CT molecular complexity index is 827. The molecule has 0 spiro atoms. The van der Waals surface area contributed by atoms with Crippen molar-refractivity contribution in [1.29, 1.82) is 0 Å². The first-order valence-corrected chi connectivity index (χ1v) is 8.64. The van der Waals surface area contributed by atoms with E-state index in [1.807, 2.05) is 0 Å². The van der Waals surface area contributed by atoms with Crippen LogP contribution in [-0.4, -0.2) is 20.0 Å². The Morgan fingerprint density at radius 1 is 1.13 bits per heavy atom. The number of anilines is 1. The molecule has 6 heteroatoms. The van der Waals surface area contributed by atoms with Crippen molar-refractivity contribution in [1.82, 2.24) is 0 Å². The van der Waals surface area contributed by atoms with Gasteiger partial charge >= 0.3 is 0 Å². The van der Waals surface area contributed by atoms with E-state index in [0.29, 0.717) is 16.8 Å². The van der Waals surface area contributed by atoms with Crippen LogP contribution in [0.25, 0.3) is 6.08 Å². The second-order valence-corrected chi connectivity index (χ2v) is 6.81. The Kier molecular flexibility index (Phi) is 5.28. The molecule has 0 amide bonds. The molecule has 0 aromatic heterocycles. The minimum absolute atomic E-state index is 0.0287. The highest BCUT2D eigenvalue weighted by Crippen LogP contribution is 2.14. The van der Waals surface area contributed by atoms with Gasteiger partial charge in [-0.15, -0.1) is 0 Å². The molecule has 0 saturated carbocycles. The van der Waals surface area contributed by atoms with Gasteiger partial charge in [0.25, 0.3) is 0 Å². The van der Waals surface area contributed by atoms with Crippen LogP contribution in [0.3, 0.4) is 0 Å². The number of carbonyl (C=O) groups is 1. The fraction of sp³-hybridized carbons (Fsp3) is 0.118. The van der Waals surface area contributed by atoms with Gasteiger partial charge in [-0.1, -0.05) is 18.2 Å². The van der Waals surface area contributed by atoms with Crippen LogP contribution >= 0.6 is 0 Å². The number of halogens is 1. The van der Waals surface area contributed by atoms with Crippen LogP contribution in [0.15, 0.2) is 54.6 Å². The molecular weight excluding hydrogens is 317 g/mol. The molecule has 0 fully saturated rings. The lowest BCUT2D eigenvalue weighted by Crippen LogP contribution is -2.14. The summed E-state index contributed by atoms with van der Waals surface area (Å²) >= 11 is 0. The third kappa shape index (κ3) is 4.75. The summed E-state index contributed by atoms with van der Waals surface area (Å²) < 4.78 is 38.8. The second-order valence-electron chi connectivity index (χ2n) is 4.80. The lowest BCUT2D eigenvalue weighted by molar-refractivity contribution is 0.104. The first kappa shape index (κ1) is 16.9. The SMILES string of the molecule is CCS(=O)(=O)Nc1ccc(C(=O)/C=C/c2ccccc2F)cc1. The smallest absolute Gasteiger partial charge is 0.232 e. The topological polar surface area (TPSA) is 63.2 Å². The predicted octanol–water partition coefficient (Wildman–Crippen LogP) is 3.48. The quantitative estimate of drug-likeness (QED) is 0.650. The maximum absolute atomic E-state index is 13.5. The molecule has 0 unspecified atom stereocenters. The standard InChI is InChI=1S/C17H16FNO3S/c1-2-23(21,22)19-15-10-7-14(8-11-15)17(20)12-9-13-5-3-4-6-16(13)18/h3-12,19H,2H2,1H3/b12-9+. The minimum atomic E-state index is -3.35. The Hall–Kier alpha value is -2.47. The van der Waals surface area contributed by atoms with Crippen molar-refractivity contribution in [3.63, 3.8) is 0 Å². The van der Waals surface area contributed by atoms with Crippen molar-refractivity contribution in [3.8, 4) is 0 Å². The molecule has 0 aliphatic carbocycles. The first-order chi connectivity index (χ1) is 10.9. The van der Waals surface area contributed by atoms with Gasteiger partial charge in [-0.05, 0) is 49.4 Å². The van der Waals surface area contributed by atoms with Crippen molar-refractivity contribution < 1.29 is 17.6 Å². The van der Waals surface area contributed by atoms with E-state index in [4.69, 9.17) is 0 Å². The Morgan fingerprint density at radius 3 is 2.39 bits per heavy atom. The Balaban J connectivity index is 2.10. The van der Waals surface area contributed by atoms with Crippen molar-refractivity contribution in [2.24, 2.45) is 0 Å². The van der Waals surface area contributed by atoms with Gasteiger partial charge in [0.15, 0.2) is 5.78 Å². The number of allylic oxidation sites excluding steroid dienone is 1. The molecule has 0 heterocycles. The van der Waals surface area contributed by atoms with Gasteiger partial charge in [0.2, 0.25) is 10.0 Å². The van der Waals surface area contributed by atoms with Gasteiger partial charge in [-0.2, -0.15) is 0 Å². The molecule has 2 aromatic carbocycles. The maximum atomic E-state index is 13.5. The van der Waals surface area contributed by atoms with E-state index in [-0.39, 0.29) is 11.5 Å². The summed E-state index contributed by atoms with van der Waals surface area (Å²) in [5.41, 5.74) is 1.10. The summed E-state index contributed by atoms with van der Waals surface area (Å²) in [7, 11) is -3.35. The highest BCUT2D eigenvalue weighted by atomic mass is 32.2. The van der Waals surface area contributed by atoms with Crippen molar-refractivity contribution in [2.75, 3.05) is 10.5 Å². The number of carbonyl (C=O) groups excluding carboxylic acids is 1. The number of hydrogen-bond donors (Lipinski definition) is 1. The van der Waals surface area contributed by atoms with E-state index in [1.54, 1.807) is 18.2 Å². The number of nitrogens with one attached hydrogen (secondary N) is 1. The largest absolute Gasteiger partial charge is 0.289 e. The Labute approximate surface area is 134 Å². The number of hydrogen-bond acceptors (Lipinski definition) is 3. The maximum Gasteiger partial charge on any atom is 0.232 e. The van der Waals surface area contributed by atoms with Crippen LogP contribution in [0.5, 0.6) is 0 Å². The zero-order chi connectivity index (χ0) is 16.9. The van der Waals surface area contributed by atoms with E-state index in [9.17, 15) is 17.6 Å². The van der Waals surface area contributed by atoms with Crippen LogP contribution in [0.1, 0.15) is 22.8 Å². The van der Waals surface area contributed by atoms with Crippen LogP contribution in [0.4, 0.5) is 10.1 Å². The molecule has 4 nitrogen and oxygen atoms in total. The Morgan fingerprint density at radius 2 is 1.78 bits per heavy atom. The zero-order valence-electron chi connectivity index (χ0n) is 12.5. The highest BCUT2D eigenvalue weighted by molar-refractivity contribution is 7.92. The van der Waals surface area contributed by atoms with Crippen LogP contribution in [0, 0.1) is 5.82 Å². The number of sulfonamides is 1. The van der Waals surface area contributed by atoms with Gasteiger partial charge in [0.05, 0.1) is 5.75 Å². The summed E-state index contributed by atoms with van der Waals surface area (Å²) in [6.45, 7) is 1.54. The van der Waals surface area contributed by atoms with E-state index >= 15 is 0 Å². The molecule has 0 aliphatic rings. The van der Waals surface area contributed by atoms with Crippen molar-refractivity contribution in [2.45, 2.75) is 6.92 Å². The highest BCUT2D eigenvalue weighted by Gasteiger charge is 2.07. The average Bonchev–Trinajstić information content (AvgIpc) is 2.54. The molecule has 120 valence electrons. The number of rotatable bonds is 6. The fourth-order valence-corrected chi connectivity index (χ4v) is 2.47. The predicted molar refractivity (Wildman–Crippen MR) is 89.3 cm³/mol. The fourth-order valence-electron chi connectivity index (χ4n) is 1.83. The first-order valence-electron chi connectivity index (χ1n) is 6.99. The number of benzene rings is 2. The van der Waals surface area contributed by atoms with Gasteiger partial charge in [-0.25, -0.2) is 12.8 Å². The normalized spacial score (nSPS) is 11.6. The van der Waals surface area contributed by atoms with Crippen molar-refractivity contribution >= 4 is 27.6 Å². The third-order valence-electron chi connectivity index (χ3n) is 3.14. The monoisotopic (exact) mass is 333 g/mol. The summed E-state index contributed by atoms with van der Waals surface area (Å²) in [4.78, 5) is 12.0. The van der Waals surface area contributed by atoms with Gasteiger partial charge in [-0.3, -0.25) is 9.52 Å². The molecule has 0 bridgehead atoms. The molecule has 2 aromatic rings. The lowest BCUT2D eigenvalue weighted by Gasteiger charge is -2.06. The van der Waals surface area contributed by atoms with Crippen LogP contribution in [-0.2, 0) is 10.0 Å². The molecule has 23 heavy (non-hydrogen) atoms. The molecule has 2 rings (SSSR count). The molecule has 0 radical (unpaired) electrons. The van der Waals surface area contributed by atoms with Crippen LogP contribution < -0.4 is 4.72 Å². The summed E-state index contributed by atoms with van der Waals surface area (Å²) in [5.74, 6) is -0.724. The van der Waals surface area contributed by atoms with E-state index < -0.39 is 15.8 Å². The van der Waals surface area contributed by atoms with E-state index in [0.717, 1.165) is 0 Å². The van der Waals surface area contributed by atoms with E-state index in [2.05, 4.69) is 4.72 Å². The third-order valence-corrected chi connectivity index (χ3v) is 4.45. The summed E-state index contributed by atoms with van der Waals surface area (Å²) in [6, 6.07) is 12.2. The molecule has 0 saturated heterocycles. The number of ketones is 1. The summed E-state index contributed by atoms with van der Waals surface area (Å²) in [6.07, 6.45) is 2.69. The zero-order valence-corrected chi connectivity index (χ0v) is 13.3. The van der Waals surface area contributed by atoms with Crippen LogP contribution in [0.2, 0.25) is 0 Å². The van der Waals surface area contributed by atoms with Gasteiger partial charge in [0.1, 0.15) is 5.82 Å². The minimum Gasteiger partial charge on any atom is -0.289 e. The van der Waals surface area contributed by atoms with Gasteiger partial charge in [0, 0.05) is 16.8 Å². The van der Waals surface area contributed by atoms with E-state index in [1.165, 1.54) is 49.4 Å². The van der Waals surface area contributed by atoms with Crippen molar-refractivity contribution in [3.05, 3.63) is 71.6 Å². The second kappa shape index (κ2) is 7.19. The molecule has 0 aliphatic heterocycles. The average molecular weight is 333 g/mol. The molecular formula is C17H16FNO3S. The summed E-state index contributed by atoms with van der Waals surface area (Å²) in [5, 5.41) is 0. The lowest BCUT2D eigenvalue weighted by atomic mass is 10.1. The molecule has 0 atom stereocenters. The molecule has 1 N–H and O–H groups in total.